The molecule has 0 amide bonds. The van der Waals surface area contributed by atoms with Gasteiger partial charge in [0.05, 0.1) is 0 Å². The molecule has 2 fully saturated rings. The lowest BCUT2D eigenvalue weighted by Gasteiger charge is -2.52. The molecule has 3 rings (SSSR count). The van der Waals surface area contributed by atoms with Gasteiger partial charge in [0.2, 0.25) is 0 Å². The van der Waals surface area contributed by atoms with Crippen LogP contribution in [-0.4, -0.2) is 35.1 Å². The van der Waals surface area contributed by atoms with Gasteiger partial charge in [0.1, 0.15) is 0 Å². The average molecular weight is 374 g/mol. The van der Waals surface area contributed by atoms with Gasteiger partial charge in [0.25, 0.3) is 0 Å². The van der Waals surface area contributed by atoms with Crippen LogP contribution in [0, 0.1) is 0 Å². The standard InChI is InChI=1S/C17H25F2N2O2P.CH4/c1-16(2)10-21(13-6-4-3-5-12(13)20-16)11-7-8-15(14(22)9-11)23-17(18,19)24;/h7-9,12-13,20,22H,3-6,10,24H2,1-2H3;1H4. The first-order valence-corrected chi connectivity index (χ1v) is 8.95. The summed E-state index contributed by atoms with van der Waals surface area (Å²) in [6, 6.07) is 5.46. The molecular formula is C18H29F2N2O2P. The molecule has 4 nitrogen and oxygen atoms in total. The van der Waals surface area contributed by atoms with Gasteiger partial charge in [-0.1, -0.05) is 20.3 Å². The average Bonchev–Trinajstić information content (AvgIpc) is 2.46. The molecule has 1 saturated heterocycles. The molecule has 2 N–H and O–H groups in total. The lowest BCUT2D eigenvalue weighted by molar-refractivity contribution is -0.0903. The molecule has 7 heteroatoms. The summed E-state index contributed by atoms with van der Waals surface area (Å²) in [7, 11) is 1.31. The summed E-state index contributed by atoms with van der Waals surface area (Å²) in [5, 5.41) is 13.8. The van der Waals surface area contributed by atoms with Gasteiger partial charge in [-0.25, -0.2) is 0 Å². The first-order valence-electron chi connectivity index (χ1n) is 8.38. The highest BCUT2D eigenvalue weighted by Crippen LogP contribution is 2.39. The Morgan fingerprint density at radius 1 is 1.32 bits per heavy atom. The van der Waals surface area contributed by atoms with Gasteiger partial charge in [0.15, 0.2) is 11.5 Å². The van der Waals surface area contributed by atoms with Crippen LogP contribution in [0.15, 0.2) is 18.2 Å². The molecule has 142 valence electrons. The zero-order valence-electron chi connectivity index (χ0n) is 14.1. The fraction of sp³-hybridized carbons (Fsp3) is 0.667. The molecule has 0 aromatic heterocycles. The van der Waals surface area contributed by atoms with Crippen molar-refractivity contribution in [2.75, 3.05) is 11.4 Å². The van der Waals surface area contributed by atoms with E-state index in [1.165, 1.54) is 34.2 Å². The van der Waals surface area contributed by atoms with Crippen molar-refractivity contribution in [2.45, 2.75) is 70.4 Å². The van der Waals surface area contributed by atoms with E-state index in [-0.39, 0.29) is 24.5 Å². The first kappa shape index (κ1) is 20.2. The Balaban J connectivity index is 0.00000225. The number of nitrogens with zero attached hydrogens (tertiary/aromatic N) is 1. The van der Waals surface area contributed by atoms with Crippen molar-refractivity contribution in [1.82, 2.24) is 5.32 Å². The van der Waals surface area contributed by atoms with Crippen molar-refractivity contribution in [3.8, 4) is 11.5 Å². The number of phenols is 1. The molecule has 1 saturated carbocycles. The van der Waals surface area contributed by atoms with Crippen molar-refractivity contribution in [3.05, 3.63) is 18.2 Å². The van der Waals surface area contributed by atoms with Gasteiger partial charge in [-0.3, -0.25) is 0 Å². The summed E-state index contributed by atoms with van der Waals surface area (Å²) in [5.74, 6) is -3.88. The third-order valence-electron chi connectivity index (χ3n) is 4.79. The maximum atomic E-state index is 13.0. The van der Waals surface area contributed by atoms with E-state index in [1.807, 2.05) is 0 Å². The fourth-order valence-electron chi connectivity index (χ4n) is 3.94. The minimum Gasteiger partial charge on any atom is -0.504 e. The smallest absolute Gasteiger partial charge is 0.408 e. The number of halogens is 2. The van der Waals surface area contributed by atoms with Crippen LogP contribution in [0.1, 0.15) is 47.0 Å². The molecule has 3 atom stereocenters. The van der Waals surface area contributed by atoms with E-state index in [9.17, 15) is 13.9 Å². The van der Waals surface area contributed by atoms with Gasteiger partial charge in [-0.05, 0) is 48.1 Å². The van der Waals surface area contributed by atoms with Crippen LogP contribution >= 0.6 is 9.24 Å². The molecule has 1 aromatic rings. The molecule has 1 heterocycles. The predicted molar refractivity (Wildman–Crippen MR) is 101 cm³/mol. The highest BCUT2D eigenvalue weighted by atomic mass is 31.0. The number of rotatable bonds is 3. The van der Waals surface area contributed by atoms with E-state index in [4.69, 9.17) is 0 Å². The molecule has 0 spiro atoms. The molecule has 0 bridgehead atoms. The van der Waals surface area contributed by atoms with Crippen LogP contribution in [0.5, 0.6) is 11.5 Å². The normalized spacial score (nSPS) is 25.7. The molecule has 0 radical (unpaired) electrons. The monoisotopic (exact) mass is 374 g/mol. The Labute approximate surface area is 151 Å². The number of fused-ring (bicyclic) bond motifs is 1. The van der Waals surface area contributed by atoms with Gasteiger partial charge >= 0.3 is 5.85 Å². The van der Waals surface area contributed by atoms with Crippen LogP contribution in [-0.2, 0) is 0 Å². The fourth-order valence-corrected chi connectivity index (χ4v) is 4.07. The van der Waals surface area contributed by atoms with Crippen molar-refractivity contribution in [2.24, 2.45) is 0 Å². The van der Waals surface area contributed by atoms with Crippen LogP contribution in [0.2, 0.25) is 0 Å². The Morgan fingerprint density at radius 2 is 2.00 bits per heavy atom. The number of anilines is 1. The topological polar surface area (TPSA) is 44.7 Å². The van der Waals surface area contributed by atoms with Crippen LogP contribution in [0.3, 0.4) is 0 Å². The predicted octanol–water partition coefficient (Wildman–Crippen LogP) is 4.33. The number of phenolic OH excluding ortho intramolecular Hbond substituents is 1. The quantitative estimate of drug-likeness (QED) is 0.773. The van der Waals surface area contributed by atoms with Crippen LogP contribution in [0.4, 0.5) is 14.5 Å². The van der Waals surface area contributed by atoms with Gasteiger partial charge in [-0.2, -0.15) is 8.78 Å². The van der Waals surface area contributed by atoms with E-state index < -0.39 is 5.85 Å². The summed E-state index contributed by atoms with van der Waals surface area (Å²) in [5.41, 5.74) is 0.800. The van der Waals surface area contributed by atoms with Gasteiger partial charge in [0, 0.05) is 35.9 Å². The highest BCUT2D eigenvalue weighted by molar-refractivity contribution is 7.17. The molecule has 1 aliphatic carbocycles. The Kier molecular flexibility index (Phi) is 5.85. The lowest BCUT2D eigenvalue weighted by atomic mass is 9.83. The van der Waals surface area contributed by atoms with Crippen molar-refractivity contribution < 1.29 is 18.6 Å². The largest absolute Gasteiger partial charge is 0.504 e. The van der Waals surface area contributed by atoms with Crippen molar-refractivity contribution in [3.63, 3.8) is 0 Å². The maximum absolute atomic E-state index is 13.0. The molecule has 1 aromatic carbocycles. The third kappa shape index (κ3) is 4.73. The van der Waals surface area contributed by atoms with Crippen molar-refractivity contribution >= 4 is 14.9 Å². The zero-order chi connectivity index (χ0) is 17.5. The Bertz CT molecular complexity index is 607. The van der Waals surface area contributed by atoms with E-state index in [0.29, 0.717) is 12.1 Å². The number of hydrogen-bond donors (Lipinski definition) is 2. The number of ether oxygens (including phenoxy) is 1. The minimum absolute atomic E-state index is 0. The van der Waals surface area contributed by atoms with Gasteiger partial charge in [-0.15, -0.1) is 0 Å². The number of alkyl halides is 2. The lowest BCUT2D eigenvalue weighted by Crippen LogP contribution is -2.67. The summed E-state index contributed by atoms with van der Waals surface area (Å²) in [4.78, 5) is 2.29. The maximum Gasteiger partial charge on any atom is 0.408 e. The number of aromatic hydroxyl groups is 1. The van der Waals surface area contributed by atoms with Gasteiger partial charge < -0.3 is 20.1 Å². The molecule has 3 unspecified atom stereocenters. The van der Waals surface area contributed by atoms with E-state index in [1.54, 1.807) is 6.07 Å². The minimum atomic E-state index is -3.40. The second-order valence-corrected chi connectivity index (χ2v) is 8.10. The van der Waals surface area contributed by atoms with E-state index >= 15 is 0 Å². The summed E-state index contributed by atoms with van der Waals surface area (Å²) in [6.45, 7) is 5.13. The SMILES string of the molecule is C.CC1(C)CN(c2ccc(OC(F)(F)P)c(O)c2)C2CCCCC2N1. The third-order valence-corrected chi connectivity index (χ3v) is 4.91. The number of nitrogens with one attached hydrogen (secondary N) is 1. The number of benzene rings is 1. The van der Waals surface area contributed by atoms with Crippen LogP contribution in [0.25, 0.3) is 0 Å². The highest BCUT2D eigenvalue weighted by Gasteiger charge is 2.40. The molecule has 25 heavy (non-hydrogen) atoms. The second-order valence-electron chi connectivity index (χ2n) is 7.43. The number of piperazine rings is 1. The second kappa shape index (κ2) is 7.24. The Morgan fingerprint density at radius 3 is 2.64 bits per heavy atom. The molecular weight excluding hydrogens is 345 g/mol. The molecule has 1 aliphatic heterocycles. The van der Waals surface area contributed by atoms with E-state index in [2.05, 4.69) is 28.8 Å². The summed E-state index contributed by atoms with van der Waals surface area (Å²) < 4.78 is 30.4. The summed E-state index contributed by atoms with van der Waals surface area (Å²) >= 11 is 0. The van der Waals surface area contributed by atoms with Crippen LogP contribution < -0.4 is 15.0 Å². The first-order chi connectivity index (χ1) is 11.1. The zero-order valence-corrected chi connectivity index (χ0v) is 15.2. The molecule has 2 aliphatic rings. The summed E-state index contributed by atoms with van der Waals surface area (Å²) in [6.07, 6.45) is 4.64. The van der Waals surface area contributed by atoms with Crippen molar-refractivity contribution in [1.29, 1.82) is 0 Å². The Hall–Kier alpha value is -1.13. The number of hydrogen-bond acceptors (Lipinski definition) is 4. The van der Waals surface area contributed by atoms with E-state index in [0.717, 1.165) is 25.1 Å².